The third kappa shape index (κ3) is 3.99. The maximum Gasteiger partial charge on any atom is 0.251 e. The van der Waals surface area contributed by atoms with E-state index in [1.54, 1.807) is 12.4 Å². The zero-order valence-corrected chi connectivity index (χ0v) is 13.7. The minimum Gasteiger partial charge on any atom is -0.380 e. The highest BCUT2D eigenvalue weighted by Gasteiger charge is 2.23. The molecule has 0 spiro atoms. The zero-order chi connectivity index (χ0) is 17.0. The number of rotatable bonds is 6. The normalized spacial score (nSPS) is 17.8. The van der Waals surface area contributed by atoms with Crippen LogP contribution in [0.25, 0.3) is 0 Å². The highest BCUT2D eigenvalue weighted by atomic mass is 32.2. The van der Waals surface area contributed by atoms with E-state index < -0.39 is 10.0 Å². The Labute approximate surface area is 139 Å². The Kier molecular flexibility index (Phi) is 4.93. The molecule has 24 heavy (non-hydrogen) atoms. The Morgan fingerprint density at radius 1 is 1.33 bits per heavy atom. The van der Waals surface area contributed by atoms with Gasteiger partial charge in [-0.3, -0.25) is 4.79 Å². The second-order valence-corrected chi connectivity index (χ2v) is 7.14. The lowest BCUT2D eigenvalue weighted by molar-refractivity contribution is 0.0950. The maximum atomic E-state index is 12.3. The van der Waals surface area contributed by atoms with Crippen molar-refractivity contribution in [1.82, 2.24) is 20.0 Å². The Morgan fingerprint density at radius 2 is 2.12 bits per heavy atom. The maximum absolute atomic E-state index is 12.3. The van der Waals surface area contributed by atoms with Crippen molar-refractivity contribution in [3.63, 3.8) is 0 Å². The first-order valence-electron chi connectivity index (χ1n) is 7.51. The first-order valence-corrected chi connectivity index (χ1v) is 8.99. The summed E-state index contributed by atoms with van der Waals surface area (Å²) in [6, 6.07) is 5.60. The monoisotopic (exact) mass is 350 g/mol. The minimum absolute atomic E-state index is 0.122. The summed E-state index contributed by atoms with van der Waals surface area (Å²) in [5.41, 5.74) is 0.379. The number of carbonyl (C=O) groups excluding carboxylic acids is 1. The molecule has 1 aliphatic rings. The first-order chi connectivity index (χ1) is 11.5. The van der Waals surface area contributed by atoms with Crippen LogP contribution in [0.2, 0.25) is 0 Å². The summed E-state index contributed by atoms with van der Waals surface area (Å²) in [6.07, 6.45) is 3.93. The van der Waals surface area contributed by atoms with E-state index in [2.05, 4.69) is 20.0 Å². The fourth-order valence-electron chi connectivity index (χ4n) is 2.36. The minimum atomic E-state index is -3.61. The van der Waals surface area contributed by atoms with Crippen LogP contribution in [-0.2, 0) is 21.3 Å². The van der Waals surface area contributed by atoms with Crippen molar-refractivity contribution in [2.45, 2.75) is 23.9 Å². The van der Waals surface area contributed by atoms with Crippen LogP contribution < -0.4 is 10.0 Å². The van der Waals surface area contributed by atoms with Crippen LogP contribution in [0.4, 0.5) is 0 Å². The van der Waals surface area contributed by atoms with E-state index >= 15 is 0 Å². The molecule has 9 heteroatoms. The SMILES string of the molecule is O=C(NCc1ncc[nH]1)c1ccc(S(=O)(=O)N[C@H]2CCOC2)cc1. The molecular formula is C15H18N4O4S. The Morgan fingerprint density at radius 3 is 2.75 bits per heavy atom. The molecule has 1 fully saturated rings. The fourth-order valence-corrected chi connectivity index (χ4v) is 3.62. The van der Waals surface area contributed by atoms with Gasteiger partial charge in [0.05, 0.1) is 18.0 Å². The molecule has 3 N–H and O–H groups in total. The highest BCUT2D eigenvalue weighted by Crippen LogP contribution is 2.13. The molecule has 1 aliphatic heterocycles. The summed E-state index contributed by atoms with van der Waals surface area (Å²) < 4.78 is 32.3. The molecule has 1 aromatic heterocycles. The predicted octanol–water partition coefficient (Wildman–Crippen LogP) is 0.407. The standard InChI is InChI=1S/C15H18N4O4S/c20-15(18-9-14-16-6-7-17-14)11-1-3-13(4-2-11)24(21,22)19-12-5-8-23-10-12/h1-4,6-7,12,19H,5,8-10H2,(H,16,17)(H,18,20)/t12-/m0/s1. The van der Waals surface area contributed by atoms with E-state index in [0.29, 0.717) is 31.0 Å². The van der Waals surface area contributed by atoms with Crippen molar-refractivity contribution < 1.29 is 17.9 Å². The van der Waals surface area contributed by atoms with Gasteiger partial charge in [0.15, 0.2) is 0 Å². The van der Waals surface area contributed by atoms with Crippen molar-refractivity contribution >= 4 is 15.9 Å². The Balaban J connectivity index is 1.62. The zero-order valence-electron chi connectivity index (χ0n) is 12.9. The van der Waals surface area contributed by atoms with Crippen molar-refractivity contribution in [2.24, 2.45) is 0 Å². The average molecular weight is 350 g/mol. The summed E-state index contributed by atoms with van der Waals surface area (Å²) >= 11 is 0. The van der Waals surface area contributed by atoms with Crippen LogP contribution in [0.15, 0.2) is 41.6 Å². The number of nitrogens with zero attached hydrogens (tertiary/aromatic N) is 1. The average Bonchev–Trinajstić information content (AvgIpc) is 3.26. The number of aromatic amines is 1. The molecule has 0 radical (unpaired) electrons. The van der Waals surface area contributed by atoms with Gasteiger partial charge in [0.25, 0.3) is 5.91 Å². The van der Waals surface area contributed by atoms with Crippen molar-refractivity contribution in [2.75, 3.05) is 13.2 Å². The van der Waals surface area contributed by atoms with Gasteiger partial charge in [-0.2, -0.15) is 0 Å². The molecule has 1 saturated heterocycles. The lowest BCUT2D eigenvalue weighted by Gasteiger charge is -2.11. The molecule has 8 nitrogen and oxygen atoms in total. The third-order valence-corrected chi connectivity index (χ3v) is 5.19. The van der Waals surface area contributed by atoms with Crippen LogP contribution in [-0.4, -0.2) is 43.5 Å². The Bertz CT molecular complexity index is 781. The number of carbonyl (C=O) groups is 1. The molecule has 1 atom stereocenters. The molecule has 3 rings (SSSR count). The molecule has 0 aliphatic carbocycles. The molecule has 1 amide bonds. The molecule has 128 valence electrons. The summed E-state index contributed by atoms with van der Waals surface area (Å²) in [6.45, 7) is 1.21. The number of benzene rings is 1. The smallest absolute Gasteiger partial charge is 0.251 e. The molecule has 2 aromatic rings. The van der Waals surface area contributed by atoms with Crippen LogP contribution in [0.3, 0.4) is 0 Å². The lowest BCUT2D eigenvalue weighted by atomic mass is 10.2. The second kappa shape index (κ2) is 7.12. The van der Waals surface area contributed by atoms with Gasteiger partial charge >= 0.3 is 0 Å². The summed E-state index contributed by atoms with van der Waals surface area (Å²) in [7, 11) is -3.61. The summed E-state index contributed by atoms with van der Waals surface area (Å²) in [5, 5.41) is 2.70. The largest absolute Gasteiger partial charge is 0.380 e. The van der Waals surface area contributed by atoms with Crippen LogP contribution in [0.5, 0.6) is 0 Å². The molecule has 0 unspecified atom stereocenters. The number of sulfonamides is 1. The van der Waals surface area contributed by atoms with Gasteiger partial charge in [0.2, 0.25) is 10.0 Å². The molecule has 0 bridgehead atoms. The Hall–Kier alpha value is -2.23. The third-order valence-electron chi connectivity index (χ3n) is 3.65. The molecule has 1 aromatic carbocycles. The number of aromatic nitrogens is 2. The van der Waals surface area contributed by atoms with Crippen molar-refractivity contribution in [3.05, 3.63) is 48.0 Å². The number of nitrogens with one attached hydrogen (secondary N) is 3. The van der Waals surface area contributed by atoms with Gasteiger partial charge in [0, 0.05) is 30.6 Å². The van der Waals surface area contributed by atoms with E-state index in [1.165, 1.54) is 24.3 Å². The first kappa shape index (κ1) is 16.6. The van der Waals surface area contributed by atoms with Gasteiger partial charge < -0.3 is 15.0 Å². The van der Waals surface area contributed by atoms with Crippen LogP contribution in [0, 0.1) is 0 Å². The lowest BCUT2D eigenvalue weighted by Crippen LogP contribution is -2.35. The second-order valence-electron chi connectivity index (χ2n) is 5.42. The highest BCUT2D eigenvalue weighted by molar-refractivity contribution is 7.89. The van der Waals surface area contributed by atoms with Gasteiger partial charge in [-0.1, -0.05) is 0 Å². The number of hydrogen-bond donors (Lipinski definition) is 3. The number of imidazole rings is 1. The van der Waals surface area contributed by atoms with Gasteiger partial charge in [0.1, 0.15) is 5.82 Å². The molecule has 2 heterocycles. The van der Waals surface area contributed by atoms with E-state index in [9.17, 15) is 13.2 Å². The van der Waals surface area contributed by atoms with Crippen molar-refractivity contribution in [1.29, 1.82) is 0 Å². The topological polar surface area (TPSA) is 113 Å². The van der Waals surface area contributed by atoms with E-state index in [1.807, 2.05) is 0 Å². The van der Waals surface area contributed by atoms with E-state index in [4.69, 9.17) is 4.74 Å². The number of hydrogen-bond acceptors (Lipinski definition) is 5. The molecule has 0 saturated carbocycles. The number of ether oxygens (including phenoxy) is 1. The van der Waals surface area contributed by atoms with Crippen LogP contribution in [0.1, 0.15) is 22.6 Å². The fraction of sp³-hybridized carbons (Fsp3) is 0.333. The predicted molar refractivity (Wildman–Crippen MR) is 85.7 cm³/mol. The van der Waals surface area contributed by atoms with Gasteiger partial charge in [-0.25, -0.2) is 18.1 Å². The number of amides is 1. The van der Waals surface area contributed by atoms with Gasteiger partial charge in [-0.05, 0) is 30.7 Å². The summed E-state index contributed by atoms with van der Waals surface area (Å²) in [4.78, 5) is 19.1. The quantitative estimate of drug-likeness (QED) is 0.698. The molecular weight excluding hydrogens is 332 g/mol. The summed E-state index contributed by atoms with van der Waals surface area (Å²) in [5.74, 6) is 0.345. The number of H-pyrrole nitrogens is 1. The van der Waals surface area contributed by atoms with Crippen molar-refractivity contribution in [3.8, 4) is 0 Å². The van der Waals surface area contributed by atoms with Gasteiger partial charge in [-0.15, -0.1) is 0 Å². The van der Waals surface area contributed by atoms with E-state index in [0.717, 1.165) is 0 Å². The van der Waals surface area contributed by atoms with Crippen LogP contribution >= 0.6 is 0 Å². The van der Waals surface area contributed by atoms with E-state index in [-0.39, 0.29) is 23.4 Å².